The van der Waals surface area contributed by atoms with Gasteiger partial charge in [-0.15, -0.1) is 0 Å². The molecule has 0 aliphatic carbocycles. The summed E-state index contributed by atoms with van der Waals surface area (Å²) < 4.78 is 62.6. The number of hydrogen-bond acceptors (Lipinski definition) is 9. The van der Waals surface area contributed by atoms with Crippen molar-refractivity contribution in [3.05, 3.63) is 47.1 Å². The van der Waals surface area contributed by atoms with Gasteiger partial charge in [-0.2, -0.15) is 15.1 Å². The number of rotatable bonds is 12. The van der Waals surface area contributed by atoms with Crippen LogP contribution in [-0.4, -0.2) is 71.4 Å². The Morgan fingerprint density at radius 1 is 1.22 bits per heavy atom. The lowest BCUT2D eigenvalue weighted by molar-refractivity contribution is -0.0890. The molecule has 13 nitrogen and oxygen atoms in total. The van der Waals surface area contributed by atoms with E-state index in [4.69, 9.17) is 26.1 Å². The number of fused-ring (bicyclic) bond motifs is 1. The number of halogens is 3. The Morgan fingerprint density at radius 2 is 1.89 bits per heavy atom. The Morgan fingerprint density at radius 3 is 2.51 bits per heavy atom. The van der Waals surface area contributed by atoms with E-state index in [2.05, 4.69) is 24.9 Å². The standard InChI is InChI=1S/C19H24ClF2N5O8P2/c1-10(11-5-3-4-6-13(11)21)24-17-12-7-23-27(18(12)26-19(20)25-17)16(22)15(28)14(34-2)8-35-37(32,33)9-36(29,30)31/h3-7,10,14-16,28H,8-9H2,1-2H3,(H,32,33)(H,24,25,26)(H2,29,30,31)/t10-,14-,15-,16-/m1/s1. The Labute approximate surface area is 214 Å². The van der Waals surface area contributed by atoms with Crippen LogP contribution in [0.25, 0.3) is 11.0 Å². The zero-order valence-electron chi connectivity index (χ0n) is 19.3. The molecule has 0 saturated heterocycles. The maximum absolute atomic E-state index is 15.3. The van der Waals surface area contributed by atoms with Gasteiger partial charge in [-0.1, -0.05) is 18.2 Å². The van der Waals surface area contributed by atoms with Gasteiger partial charge >= 0.3 is 15.2 Å². The third kappa shape index (κ3) is 7.50. The topological polar surface area (TPSA) is 189 Å². The minimum atomic E-state index is -4.89. The van der Waals surface area contributed by atoms with Crippen LogP contribution < -0.4 is 5.32 Å². The monoisotopic (exact) mass is 585 g/mol. The molecular weight excluding hydrogens is 562 g/mol. The number of ether oxygens (including phenoxy) is 1. The van der Waals surface area contributed by atoms with Crippen molar-refractivity contribution >= 4 is 43.6 Å². The van der Waals surface area contributed by atoms with Gasteiger partial charge in [0.25, 0.3) is 0 Å². The van der Waals surface area contributed by atoms with Crippen molar-refractivity contribution in [3.8, 4) is 0 Å². The third-order valence-electron chi connectivity index (χ3n) is 5.15. The third-order valence-corrected chi connectivity index (χ3v) is 8.78. The first-order chi connectivity index (χ1) is 17.2. The molecule has 3 rings (SSSR count). The number of methoxy groups -OCH3 is 1. The average Bonchev–Trinajstić information content (AvgIpc) is 3.21. The summed E-state index contributed by atoms with van der Waals surface area (Å²) in [6.07, 6.45) is -4.73. The average molecular weight is 586 g/mol. The summed E-state index contributed by atoms with van der Waals surface area (Å²) in [6.45, 7) is 0.787. The molecule has 37 heavy (non-hydrogen) atoms. The van der Waals surface area contributed by atoms with Gasteiger partial charge in [0, 0.05) is 12.7 Å². The fourth-order valence-corrected chi connectivity index (χ4v) is 6.12. The summed E-state index contributed by atoms with van der Waals surface area (Å²) in [5, 5.41) is 17.3. The fourth-order valence-electron chi connectivity index (χ4n) is 3.39. The van der Waals surface area contributed by atoms with Crippen molar-refractivity contribution in [2.45, 2.75) is 31.5 Å². The quantitative estimate of drug-likeness (QED) is 0.155. The Hall–Kier alpha value is -2.06. The highest BCUT2D eigenvalue weighted by Gasteiger charge is 2.36. The SMILES string of the molecule is CO[C@H](COP(=O)(O)CP(=O)(O)O)[C@@H](O)[C@H](F)n1ncc2c(N[C@H](C)c3ccccc3F)nc(Cl)nc21. The molecule has 5 atom stereocenters. The second kappa shape index (κ2) is 11.8. The van der Waals surface area contributed by atoms with Crippen molar-refractivity contribution in [2.75, 3.05) is 24.9 Å². The molecule has 2 heterocycles. The number of aliphatic hydroxyl groups excluding tert-OH is 1. The number of nitrogens with zero attached hydrogens (tertiary/aromatic N) is 4. The van der Waals surface area contributed by atoms with Crippen LogP contribution in [0, 0.1) is 5.82 Å². The number of alkyl halides is 1. The molecule has 204 valence electrons. The van der Waals surface area contributed by atoms with Gasteiger partial charge in [0.05, 0.1) is 24.2 Å². The van der Waals surface area contributed by atoms with Crippen molar-refractivity contribution in [1.29, 1.82) is 0 Å². The number of hydrogen-bond donors (Lipinski definition) is 5. The Balaban J connectivity index is 1.83. The number of benzene rings is 1. The lowest BCUT2D eigenvalue weighted by Gasteiger charge is -2.25. The van der Waals surface area contributed by atoms with Crippen LogP contribution in [0.1, 0.15) is 24.8 Å². The summed E-state index contributed by atoms with van der Waals surface area (Å²) in [6, 6.07) is 5.48. The summed E-state index contributed by atoms with van der Waals surface area (Å²) >= 11 is 6.01. The molecule has 1 aromatic carbocycles. The number of aliphatic hydroxyl groups is 1. The zero-order chi connectivity index (χ0) is 27.5. The maximum Gasteiger partial charge on any atom is 0.340 e. The Kier molecular flexibility index (Phi) is 9.38. The molecule has 0 amide bonds. The smallest absolute Gasteiger partial charge is 0.340 e. The minimum absolute atomic E-state index is 0.115. The van der Waals surface area contributed by atoms with Crippen LogP contribution in [0.5, 0.6) is 0 Å². The second-order valence-electron chi connectivity index (χ2n) is 7.93. The van der Waals surface area contributed by atoms with Crippen LogP contribution >= 0.6 is 26.8 Å². The van der Waals surface area contributed by atoms with Crippen LogP contribution in [0.15, 0.2) is 30.5 Å². The van der Waals surface area contributed by atoms with E-state index in [0.29, 0.717) is 10.2 Å². The molecule has 5 N–H and O–H groups in total. The molecule has 18 heteroatoms. The van der Waals surface area contributed by atoms with Gasteiger partial charge < -0.3 is 34.4 Å². The highest BCUT2D eigenvalue weighted by Crippen LogP contribution is 2.55. The molecule has 0 aliphatic rings. The lowest BCUT2D eigenvalue weighted by atomic mass is 10.1. The highest BCUT2D eigenvalue weighted by molar-refractivity contribution is 7.70. The first-order valence-corrected chi connectivity index (χ1v) is 14.4. The second-order valence-corrected chi connectivity index (χ2v) is 12.3. The molecule has 0 radical (unpaired) electrons. The van der Waals surface area contributed by atoms with Gasteiger partial charge in [0.15, 0.2) is 11.6 Å². The van der Waals surface area contributed by atoms with E-state index < -0.39 is 58.1 Å². The van der Waals surface area contributed by atoms with Gasteiger partial charge in [-0.25, -0.2) is 13.5 Å². The maximum atomic E-state index is 15.3. The highest BCUT2D eigenvalue weighted by atomic mass is 35.5. The van der Waals surface area contributed by atoms with Crippen LogP contribution in [-0.2, 0) is 18.4 Å². The predicted octanol–water partition coefficient (Wildman–Crippen LogP) is 2.97. The van der Waals surface area contributed by atoms with Crippen molar-refractivity contribution in [1.82, 2.24) is 19.7 Å². The van der Waals surface area contributed by atoms with E-state index in [1.807, 2.05) is 0 Å². The molecule has 0 spiro atoms. The van der Waals surface area contributed by atoms with E-state index in [9.17, 15) is 23.5 Å². The molecule has 0 bridgehead atoms. The van der Waals surface area contributed by atoms with Crippen LogP contribution in [0.2, 0.25) is 5.28 Å². The van der Waals surface area contributed by atoms with E-state index >= 15 is 4.39 Å². The first-order valence-electron chi connectivity index (χ1n) is 10.5. The molecular formula is C19H24ClF2N5O8P2. The molecule has 0 fully saturated rings. The van der Waals surface area contributed by atoms with E-state index in [1.165, 1.54) is 18.3 Å². The zero-order valence-corrected chi connectivity index (χ0v) is 21.9. The first kappa shape index (κ1) is 29.5. The van der Waals surface area contributed by atoms with Gasteiger partial charge in [-0.3, -0.25) is 9.13 Å². The van der Waals surface area contributed by atoms with Gasteiger partial charge in [0.1, 0.15) is 23.8 Å². The minimum Gasteiger partial charge on any atom is -0.385 e. The molecule has 2 aromatic heterocycles. The van der Waals surface area contributed by atoms with Crippen molar-refractivity contribution in [3.63, 3.8) is 0 Å². The predicted molar refractivity (Wildman–Crippen MR) is 128 cm³/mol. The fraction of sp³-hybridized carbons (Fsp3) is 0.421. The molecule has 3 aromatic rings. The summed E-state index contributed by atoms with van der Waals surface area (Å²) in [4.78, 5) is 35.4. The molecule has 1 unspecified atom stereocenters. The molecule has 0 saturated carbocycles. The number of nitrogens with one attached hydrogen (secondary N) is 1. The number of anilines is 1. The van der Waals surface area contributed by atoms with E-state index in [-0.39, 0.29) is 22.1 Å². The number of aromatic nitrogens is 4. The summed E-state index contributed by atoms with van der Waals surface area (Å²) in [5.41, 5.74) is 0.194. The van der Waals surface area contributed by atoms with Crippen molar-refractivity contribution in [2.24, 2.45) is 0 Å². The largest absolute Gasteiger partial charge is 0.385 e. The molecule has 0 aliphatic heterocycles. The van der Waals surface area contributed by atoms with Crippen LogP contribution in [0.4, 0.5) is 14.6 Å². The van der Waals surface area contributed by atoms with Gasteiger partial charge in [0.2, 0.25) is 11.6 Å². The van der Waals surface area contributed by atoms with Crippen molar-refractivity contribution < 1.29 is 47.0 Å². The lowest BCUT2D eigenvalue weighted by Crippen LogP contribution is -2.38. The summed E-state index contributed by atoms with van der Waals surface area (Å²) in [7, 11) is -8.61. The van der Waals surface area contributed by atoms with E-state index in [1.54, 1.807) is 19.1 Å². The van der Waals surface area contributed by atoms with Crippen LogP contribution in [0.3, 0.4) is 0 Å². The summed E-state index contributed by atoms with van der Waals surface area (Å²) in [5.74, 6) is -1.81. The van der Waals surface area contributed by atoms with Gasteiger partial charge in [-0.05, 0) is 24.6 Å². The van der Waals surface area contributed by atoms with E-state index in [0.717, 1.165) is 7.11 Å². The Bertz CT molecular complexity index is 1350. The normalized spacial score (nSPS) is 17.2.